The fraction of sp³-hybridized carbons (Fsp3) is 0.500. The first-order valence-electron chi connectivity index (χ1n) is 11.6. The van der Waals surface area contributed by atoms with Gasteiger partial charge in [0.25, 0.3) is 5.91 Å². The molecule has 0 radical (unpaired) electrons. The third kappa shape index (κ3) is 3.33. The van der Waals surface area contributed by atoms with Crippen molar-refractivity contribution in [3.8, 4) is 11.4 Å². The molecule has 2 fully saturated rings. The standard InChI is InChI=1S/C24H31N6O3/c1-16-17(2)30-20-21(25-23(30)29(16)18-10-6-7-11-19(18)33-4)26(3)24(32)28(22(20)31)15-14-27-12-8-5-9-13-27/h6-7,10-11,20H,5,8-9,12-15H2,1-4H3/q+1. The summed E-state index contributed by atoms with van der Waals surface area (Å²) in [5.74, 6) is 1.60. The van der Waals surface area contributed by atoms with Crippen LogP contribution in [0.2, 0.25) is 0 Å². The van der Waals surface area contributed by atoms with Crippen LogP contribution < -0.4 is 9.30 Å². The molecular weight excluding hydrogens is 420 g/mol. The minimum atomic E-state index is -0.640. The highest BCUT2D eigenvalue weighted by Crippen LogP contribution is 2.35. The van der Waals surface area contributed by atoms with Gasteiger partial charge in [-0.2, -0.15) is 4.57 Å². The highest BCUT2D eigenvalue weighted by atomic mass is 16.5. The molecule has 0 bridgehead atoms. The molecule has 3 amide bonds. The van der Waals surface area contributed by atoms with Crippen molar-refractivity contribution in [2.75, 3.05) is 40.3 Å². The van der Waals surface area contributed by atoms with Gasteiger partial charge in [-0.25, -0.2) is 9.36 Å². The minimum Gasteiger partial charge on any atom is -0.493 e. The number of imidazole rings is 1. The first kappa shape index (κ1) is 21.6. The van der Waals surface area contributed by atoms with Gasteiger partial charge in [0, 0.05) is 20.1 Å². The quantitative estimate of drug-likeness (QED) is 0.654. The molecule has 174 valence electrons. The number of ether oxygens (including phenoxy) is 1. The number of carbonyl (C=O) groups excluding carboxylic acids is 2. The van der Waals surface area contributed by atoms with Crippen LogP contribution in [0.1, 0.15) is 36.7 Å². The molecule has 33 heavy (non-hydrogen) atoms. The Hall–Kier alpha value is -3.20. The molecule has 5 rings (SSSR count). The monoisotopic (exact) mass is 451 g/mol. The number of aliphatic imine (C=N–C) groups is 1. The number of amidine groups is 1. The van der Waals surface area contributed by atoms with Gasteiger partial charge in [-0.1, -0.05) is 23.5 Å². The molecule has 9 nitrogen and oxygen atoms in total. The average molecular weight is 452 g/mol. The van der Waals surface area contributed by atoms with E-state index < -0.39 is 6.04 Å². The summed E-state index contributed by atoms with van der Waals surface area (Å²) in [6, 6.07) is 6.79. The molecule has 2 aromatic rings. The molecule has 4 heterocycles. The van der Waals surface area contributed by atoms with Crippen molar-refractivity contribution in [2.45, 2.75) is 39.2 Å². The van der Waals surface area contributed by atoms with E-state index in [1.807, 2.05) is 47.2 Å². The van der Waals surface area contributed by atoms with Crippen molar-refractivity contribution in [1.29, 1.82) is 0 Å². The topological polar surface area (TPSA) is 74.3 Å². The van der Waals surface area contributed by atoms with Crippen molar-refractivity contribution in [2.24, 2.45) is 4.99 Å². The number of para-hydroxylation sites is 2. The predicted molar refractivity (Wildman–Crippen MR) is 123 cm³/mol. The summed E-state index contributed by atoms with van der Waals surface area (Å²) in [5, 5.41) is 0. The SMILES string of the molecule is COc1ccccc1-n1c(C)c(C)[n+]2c1N=C1C2C(=O)N(CCN2CCCCC2)C(=O)N1C. The fourth-order valence-corrected chi connectivity index (χ4v) is 5.17. The Morgan fingerprint density at radius 3 is 2.55 bits per heavy atom. The molecule has 0 spiro atoms. The minimum absolute atomic E-state index is 0.210. The van der Waals surface area contributed by atoms with E-state index in [-0.39, 0.29) is 11.9 Å². The zero-order valence-electron chi connectivity index (χ0n) is 19.7. The van der Waals surface area contributed by atoms with Gasteiger partial charge in [0.05, 0.1) is 7.11 Å². The number of methoxy groups -OCH3 is 1. The second-order valence-electron chi connectivity index (χ2n) is 8.95. The summed E-state index contributed by atoms with van der Waals surface area (Å²) in [6.07, 6.45) is 3.61. The molecule has 2 saturated heterocycles. The molecule has 0 saturated carbocycles. The van der Waals surface area contributed by atoms with E-state index in [1.165, 1.54) is 29.1 Å². The number of nitrogens with zero attached hydrogens (tertiary/aromatic N) is 6. The van der Waals surface area contributed by atoms with Gasteiger partial charge in [-0.05, 0) is 51.9 Å². The second kappa shape index (κ2) is 8.30. The first-order valence-corrected chi connectivity index (χ1v) is 11.6. The maximum Gasteiger partial charge on any atom is 0.407 e. The number of fused-ring (bicyclic) bond motifs is 3. The van der Waals surface area contributed by atoms with E-state index in [1.54, 1.807) is 14.2 Å². The van der Waals surface area contributed by atoms with Gasteiger partial charge < -0.3 is 9.64 Å². The lowest BCUT2D eigenvalue weighted by Gasteiger charge is -2.35. The Morgan fingerprint density at radius 2 is 1.82 bits per heavy atom. The van der Waals surface area contributed by atoms with Crippen molar-refractivity contribution >= 4 is 23.7 Å². The molecule has 1 aromatic carbocycles. The maximum atomic E-state index is 13.7. The van der Waals surface area contributed by atoms with Gasteiger partial charge in [0.1, 0.15) is 17.1 Å². The Bertz CT molecular complexity index is 1150. The van der Waals surface area contributed by atoms with Crippen molar-refractivity contribution < 1.29 is 18.9 Å². The van der Waals surface area contributed by atoms with Gasteiger partial charge in [0.15, 0.2) is 5.75 Å². The number of hydrogen-bond donors (Lipinski definition) is 0. The number of hydrogen-bond acceptors (Lipinski definition) is 5. The molecular formula is C24H31N6O3+. The van der Waals surface area contributed by atoms with Crippen molar-refractivity contribution in [3.05, 3.63) is 35.7 Å². The van der Waals surface area contributed by atoms with Crippen LogP contribution >= 0.6 is 0 Å². The number of likely N-dealkylation sites (N-methyl/N-ethyl adjacent to an activating group) is 1. The molecule has 3 aliphatic rings. The van der Waals surface area contributed by atoms with E-state index >= 15 is 0 Å². The van der Waals surface area contributed by atoms with E-state index in [0.29, 0.717) is 30.6 Å². The maximum absolute atomic E-state index is 13.7. The number of urea groups is 1. The summed E-state index contributed by atoms with van der Waals surface area (Å²) < 4.78 is 9.54. The molecule has 9 heteroatoms. The Balaban J connectivity index is 1.52. The Labute approximate surface area is 193 Å². The largest absolute Gasteiger partial charge is 0.493 e. The zero-order valence-corrected chi connectivity index (χ0v) is 19.7. The lowest BCUT2D eigenvalue weighted by Crippen LogP contribution is -2.64. The lowest BCUT2D eigenvalue weighted by atomic mass is 10.1. The van der Waals surface area contributed by atoms with E-state index in [0.717, 1.165) is 30.2 Å². The van der Waals surface area contributed by atoms with Gasteiger partial charge in [-0.15, -0.1) is 0 Å². The number of benzene rings is 1. The molecule has 1 aromatic heterocycles. The summed E-state index contributed by atoms with van der Waals surface area (Å²) in [6.45, 7) is 7.17. The number of amides is 3. The Kier molecular flexibility index (Phi) is 5.44. The van der Waals surface area contributed by atoms with Gasteiger partial charge >= 0.3 is 12.0 Å². The number of rotatable bonds is 5. The zero-order chi connectivity index (χ0) is 23.3. The summed E-state index contributed by atoms with van der Waals surface area (Å²) in [4.78, 5) is 36.9. The fourth-order valence-electron chi connectivity index (χ4n) is 5.17. The molecule has 1 unspecified atom stereocenters. The number of piperidine rings is 1. The molecule has 3 aliphatic heterocycles. The first-order chi connectivity index (χ1) is 15.9. The highest BCUT2D eigenvalue weighted by Gasteiger charge is 2.54. The molecule has 0 aliphatic carbocycles. The van der Waals surface area contributed by atoms with Crippen molar-refractivity contribution in [3.63, 3.8) is 0 Å². The normalized spacial score (nSPS) is 20.7. The number of likely N-dealkylation sites (tertiary alicyclic amines) is 1. The van der Waals surface area contributed by atoms with Crippen LogP contribution in [0.25, 0.3) is 5.69 Å². The molecule has 1 atom stereocenters. The number of aromatic nitrogens is 2. The van der Waals surface area contributed by atoms with Crippen LogP contribution in [0.5, 0.6) is 5.75 Å². The van der Waals surface area contributed by atoms with Crippen LogP contribution in [0.3, 0.4) is 0 Å². The van der Waals surface area contributed by atoms with Gasteiger partial charge in [-0.3, -0.25) is 14.6 Å². The third-order valence-electron chi connectivity index (χ3n) is 7.13. The summed E-state index contributed by atoms with van der Waals surface area (Å²) in [5.41, 5.74) is 2.76. The second-order valence-corrected chi connectivity index (χ2v) is 8.95. The summed E-state index contributed by atoms with van der Waals surface area (Å²) >= 11 is 0. The lowest BCUT2D eigenvalue weighted by molar-refractivity contribution is -0.682. The molecule has 0 N–H and O–H groups in total. The highest BCUT2D eigenvalue weighted by molar-refractivity contribution is 6.19. The number of carbonyl (C=O) groups is 2. The van der Waals surface area contributed by atoms with Crippen LogP contribution in [0.4, 0.5) is 10.7 Å². The van der Waals surface area contributed by atoms with Crippen LogP contribution in [-0.2, 0) is 4.79 Å². The summed E-state index contributed by atoms with van der Waals surface area (Å²) in [7, 11) is 3.34. The van der Waals surface area contributed by atoms with E-state index in [2.05, 4.69) is 4.90 Å². The van der Waals surface area contributed by atoms with E-state index in [4.69, 9.17) is 9.73 Å². The predicted octanol–water partition coefficient (Wildman–Crippen LogP) is 2.35. The van der Waals surface area contributed by atoms with Gasteiger partial charge in [0.2, 0.25) is 11.9 Å². The number of imide groups is 1. The van der Waals surface area contributed by atoms with Crippen molar-refractivity contribution in [1.82, 2.24) is 19.3 Å². The van der Waals surface area contributed by atoms with Crippen LogP contribution in [0.15, 0.2) is 29.3 Å². The van der Waals surface area contributed by atoms with Crippen LogP contribution in [-0.4, -0.2) is 77.4 Å². The van der Waals surface area contributed by atoms with Crippen LogP contribution in [0, 0.1) is 13.8 Å². The van der Waals surface area contributed by atoms with E-state index in [9.17, 15) is 9.59 Å². The average Bonchev–Trinajstić information content (AvgIpc) is 3.33. The smallest absolute Gasteiger partial charge is 0.407 e. The Morgan fingerprint density at radius 1 is 1.09 bits per heavy atom. The third-order valence-corrected chi connectivity index (χ3v) is 7.13.